The average molecular weight is 347 g/mol. The molecule has 5 nitrogen and oxygen atoms in total. The van der Waals surface area contributed by atoms with Gasteiger partial charge in [0.05, 0.1) is 13.7 Å². The van der Waals surface area contributed by atoms with Gasteiger partial charge in [0.2, 0.25) is 5.91 Å². The monoisotopic (exact) mass is 346 g/mol. The largest absolute Gasteiger partial charge is 0.496 e. The molecule has 0 saturated heterocycles. The molecule has 2 aromatic carbocycles. The van der Waals surface area contributed by atoms with Gasteiger partial charge in [-0.15, -0.1) is 0 Å². The first-order valence-electron chi connectivity index (χ1n) is 7.52. The van der Waals surface area contributed by atoms with Crippen molar-refractivity contribution in [3.63, 3.8) is 0 Å². The fourth-order valence-corrected chi connectivity index (χ4v) is 2.30. The first kappa shape index (κ1) is 17.8. The van der Waals surface area contributed by atoms with Crippen molar-refractivity contribution in [3.05, 3.63) is 64.7 Å². The lowest BCUT2D eigenvalue weighted by Gasteiger charge is -2.09. The normalized spacial score (nSPS) is 10.1. The van der Waals surface area contributed by atoms with Crippen molar-refractivity contribution in [2.75, 3.05) is 20.2 Å². The Morgan fingerprint density at radius 1 is 1.04 bits per heavy atom. The number of carbonyl (C=O) groups is 2. The van der Waals surface area contributed by atoms with Crippen LogP contribution in [-0.2, 0) is 11.2 Å². The summed E-state index contributed by atoms with van der Waals surface area (Å²) < 4.78 is 5.26. The first-order valence-corrected chi connectivity index (χ1v) is 7.90. The molecule has 0 atom stereocenters. The summed E-state index contributed by atoms with van der Waals surface area (Å²) in [6.45, 7) is 0.392. The lowest BCUT2D eigenvalue weighted by molar-refractivity contribution is -0.120. The Kier molecular flexibility index (Phi) is 6.63. The second-order valence-electron chi connectivity index (χ2n) is 5.10. The smallest absolute Gasteiger partial charge is 0.251 e. The van der Waals surface area contributed by atoms with E-state index >= 15 is 0 Å². The molecule has 0 bridgehead atoms. The topological polar surface area (TPSA) is 67.4 Å². The lowest BCUT2D eigenvalue weighted by Crippen LogP contribution is -2.37. The number of amides is 2. The van der Waals surface area contributed by atoms with Crippen molar-refractivity contribution in [1.82, 2.24) is 10.6 Å². The van der Waals surface area contributed by atoms with E-state index in [4.69, 9.17) is 16.3 Å². The minimum atomic E-state index is -0.313. The fourth-order valence-electron chi connectivity index (χ4n) is 2.17. The quantitative estimate of drug-likeness (QED) is 0.809. The van der Waals surface area contributed by atoms with Gasteiger partial charge in [-0.3, -0.25) is 9.59 Å². The lowest BCUT2D eigenvalue weighted by atomic mass is 10.1. The number of hydrogen-bond acceptors (Lipinski definition) is 3. The van der Waals surface area contributed by atoms with Crippen LogP contribution in [0.2, 0.25) is 5.02 Å². The van der Waals surface area contributed by atoms with Crippen molar-refractivity contribution >= 4 is 23.4 Å². The first-order chi connectivity index (χ1) is 11.6. The van der Waals surface area contributed by atoms with Crippen LogP contribution in [0.5, 0.6) is 5.75 Å². The molecule has 0 aliphatic rings. The van der Waals surface area contributed by atoms with Gasteiger partial charge in [-0.2, -0.15) is 0 Å². The summed E-state index contributed by atoms with van der Waals surface area (Å²) in [5.41, 5.74) is 1.48. The van der Waals surface area contributed by atoms with Crippen LogP contribution in [0.4, 0.5) is 0 Å². The van der Waals surface area contributed by atoms with E-state index in [9.17, 15) is 9.59 Å². The Hall–Kier alpha value is -2.53. The van der Waals surface area contributed by atoms with Gasteiger partial charge in [-0.1, -0.05) is 29.8 Å². The van der Waals surface area contributed by atoms with E-state index in [0.29, 0.717) is 23.6 Å². The minimum Gasteiger partial charge on any atom is -0.496 e. The van der Waals surface area contributed by atoms with Crippen LogP contribution in [0.15, 0.2) is 48.5 Å². The number of benzene rings is 2. The minimum absolute atomic E-state index is 0.0760. The highest BCUT2D eigenvalue weighted by Gasteiger charge is 2.08. The third-order valence-corrected chi connectivity index (χ3v) is 3.68. The predicted octanol–water partition coefficient (Wildman–Crippen LogP) is 2.44. The predicted molar refractivity (Wildman–Crippen MR) is 93.5 cm³/mol. The summed E-state index contributed by atoms with van der Waals surface area (Å²) in [7, 11) is 1.61. The van der Waals surface area contributed by atoms with Crippen LogP contribution >= 0.6 is 11.6 Å². The van der Waals surface area contributed by atoms with Crippen LogP contribution < -0.4 is 15.4 Å². The number of nitrogens with one attached hydrogen (secondary N) is 2. The summed E-state index contributed by atoms with van der Waals surface area (Å²) >= 11 is 5.77. The van der Waals surface area contributed by atoms with Crippen LogP contribution in [0.1, 0.15) is 15.9 Å². The maximum Gasteiger partial charge on any atom is 0.251 e. The van der Waals surface area contributed by atoms with Crippen LogP contribution in [-0.4, -0.2) is 32.0 Å². The number of methoxy groups -OCH3 is 1. The highest BCUT2D eigenvalue weighted by atomic mass is 35.5. The van der Waals surface area contributed by atoms with Crippen molar-refractivity contribution in [2.45, 2.75) is 6.42 Å². The van der Waals surface area contributed by atoms with Gasteiger partial charge in [-0.05, 0) is 42.3 Å². The second kappa shape index (κ2) is 8.93. The number of rotatable bonds is 7. The second-order valence-corrected chi connectivity index (χ2v) is 5.54. The molecule has 0 saturated carbocycles. The van der Waals surface area contributed by atoms with Gasteiger partial charge in [0.1, 0.15) is 5.75 Å². The molecule has 6 heteroatoms. The molecule has 0 spiro atoms. The van der Waals surface area contributed by atoms with E-state index in [1.165, 1.54) is 0 Å². The summed E-state index contributed by atoms with van der Waals surface area (Å²) in [4.78, 5) is 23.7. The Labute approximate surface area is 146 Å². The third-order valence-electron chi connectivity index (χ3n) is 3.42. The molecule has 0 heterocycles. The van der Waals surface area contributed by atoms with Gasteiger partial charge in [0.25, 0.3) is 5.91 Å². The number of ether oxygens (including phenoxy) is 1. The molecule has 0 radical (unpaired) electrons. The Bertz CT molecular complexity index is 702. The third kappa shape index (κ3) is 5.28. The highest BCUT2D eigenvalue weighted by molar-refractivity contribution is 6.30. The summed E-state index contributed by atoms with van der Waals surface area (Å²) in [5.74, 6) is 0.238. The highest BCUT2D eigenvalue weighted by Crippen LogP contribution is 2.17. The molecule has 24 heavy (non-hydrogen) atoms. The average Bonchev–Trinajstić information content (AvgIpc) is 2.60. The molecule has 2 aromatic rings. The van der Waals surface area contributed by atoms with E-state index in [1.54, 1.807) is 31.4 Å². The zero-order chi connectivity index (χ0) is 17.4. The molecule has 0 fully saturated rings. The van der Waals surface area contributed by atoms with Crippen LogP contribution in [0, 0.1) is 0 Å². The van der Waals surface area contributed by atoms with Gasteiger partial charge in [0.15, 0.2) is 0 Å². The van der Waals surface area contributed by atoms with Crippen molar-refractivity contribution in [1.29, 1.82) is 0 Å². The maximum absolute atomic E-state index is 11.9. The molecule has 0 aromatic heterocycles. The Morgan fingerprint density at radius 2 is 1.75 bits per heavy atom. The van der Waals surface area contributed by atoms with E-state index in [2.05, 4.69) is 10.6 Å². The van der Waals surface area contributed by atoms with E-state index in [1.807, 2.05) is 24.3 Å². The number of para-hydroxylation sites is 1. The summed E-state index contributed by atoms with van der Waals surface area (Å²) in [6, 6.07) is 14.1. The number of halogens is 1. The SMILES string of the molecule is COc1ccccc1CCNC(=O)CNC(=O)c1ccc(Cl)cc1. The molecule has 0 aliphatic heterocycles. The van der Waals surface area contributed by atoms with Crippen LogP contribution in [0.3, 0.4) is 0 Å². The Balaban J connectivity index is 1.73. The molecule has 2 N–H and O–H groups in total. The zero-order valence-electron chi connectivity index (χ0n) is 13.3. The number of carbonyl (C=O) groups excluding carboxylic acids is 2. The van der Waals surface area contributed by atoms with Gasteiger partial charge in [-0.25, -0.2) is 0 Å². The summed E-state index contributed by atoms with van der Waals surface area (Å²) in [6.07, 6.45) is 0.654. The summed E-state index contributed by atoms with van der Waals surface area (Å²) in [5, 5.41) is 5.89. The van der Waals surface area contributed by atoms with Crippen LogP contribution in [0.25, 0.3) is 0 Å². The molecule has 2 rings (SSSR count). The number of hydrogen-bond donors (Lipinski definition) is 2. The van der Waals surface area contributed by atoms with E-state index < -0.39 is 0 Å². The van der Waals surface area contributed by atoms with Gasteiger partial charge < -0.3 is 15.4 Å². The van der Waals surface area contributed by atoms with Gasteiger partial charge in [0, 0.05) is 17.1 Å². The zero-order valence-corrected chi connectivity index (χ0v) is 14.1. The standard InChI is InChI=1S/C18H19ClN2O3/c1-24-16-5-3-2-4-13(16)10-11-20-17(22)12-21-18(23)14-6-8-15(19)9-7-14/h2-9H,10-12H2,1H3,(H,20,22)(H,21,23). The molecule has 0 unspecified atom stereocenters. The van der Waals surface area contributed by atoms with E-state index in [-0.39, 0.29) is 18.4 Å². The van der Waals surface area contributed by atoms with Crippen molar-refractivity contribution in [2.24, 2.45) is 0 Å². The molecular formula is C18H19ClN2O3. The fraction of sp³-hybridized carbons (Fsp3) is 0.222. The molecule has 0 aliphatic carbocycles. The molecule has 126 valence electrons. The van der Waals surface area contributed by atoms with Crippen molar-refractivity contribution in [3.8, 4) is 5.75 Å². The molecular weight excluding hydrogens is 328 g/mol. The Morgan fingerprint density at radius 3 is 2.46 bits per heavy atom. The maximum atomic E-state index is 11.9. The van der Waals surface area contributed by atoms with E-state index in [0.717, 1.165) is 11.3 Å². The van der Waals surface area contributed by atoms with Gasteiger partial charge >= 0.3 is 0 Å². The van der Waals surface area contributed by atoms with Crippen molar-refractivity contribution < 1.29 is 14.3 Å². The molecule has 2 amide bonds.